The van der Waals surface area contributed by atoms with Crippen molar-refractivity contribution < 1.29 is 14.0 Å². The molecule has 1 rings (SSSR count). The number of hydrogen-bond acceptors (Lipinski definition) is 3. The van der Waals surface area contributed by atoms with Crippen molar-refractivity contribution in [1.29, 1.82) is 0 Å². The SMILES string of the molecule is CNC(=O)C(C)NC(=O)c1cc(N)c(C)c(F)c1. The lowest BCUT2D eigenvalue weighted by Crippen LogP contribution is -2.43. The van der Waals surface area contributed by atoms with E-state index in [-0.39, 0.29) is 17.2 Å². The van der Waals surface area contributed by atoms with Gasteiger partial charge in [-0.05, 0) is 26.0 Å². The fraction of sp³-hybridized carbons (Fsp3) is 0.333. The maximum absolute atomic E-state index is 13.4. The molecule has 0 aromatic heterocycles. The van der Waals surface area contributed by atoms with Gasteiger partial charge in [-0.2, -0.15) is 0 Å². The highest BCUT2D eigenvalue weighted by Crippen LogP contribution is 2.17. The first-order valence-corrected chi connectivity index (χ1v) is 5.45. The highest BCUT2D eigenvalue weighted by atomic mass is 19.1. The quantitative estimate of drug-likeness (QED) is 0.689. The molecule has 5 nitrogen and oxygen atoms in total. The Labute approximate surface area is 105 Å². The van der Waals surface area contributed by atoms with E-state index >= 15 is 0 Å². The van der Waals surface area contributed by atoms with E-state index in [0.717, 1.165) is 6.07 Å². The van der Waals surface area contributed by atoms with Gasteiger partial charge in [0, 0.05) is 23.9 Å². The van der Waals surface area contributed by atoms with Crippen LogP contribution in [0.4, 0.5) is 10.1 Å². The van der Waals surface area contributed by atoms with Crippen LogP contribution in [0.3, 0.4) is 0 Å². The molecule has 18 heavy (non-hydrogen) atoms. The predicted octanol–water partition coefficient (Wildman–Crippen LogP) is 0.581. The van der Waals surface area contributed by atoms with E-state index in [2.05, 4.69) is 10.6 Å². The van der Waals surface area contributed by atoms with Gasteiger partial charge in [0.05, 0.1) is 0 Å². The number of carbonyl (C=O) groups excluding carboxylic acids is 2. The third kappa shape index (κ3) is 2.97. The predicted molar refractivity (Wildman–Crippen MR) is 66.5 cm³/mol. The number of likely N-dealkylation sites (N-methyl/N-ethyl adjacent to an activating group) is 1. The molecule has 0 saturated carbocycles. The zero-order chi connectivity index (χ0) is 13.9. The summed E-state index contributed by atoms with van der Waals surface area (Å²) in [5, 5.41) is 4.85. The lowest BCUT2D eigenvalue weighted by molar-refractivity contribution is -0.122. The van der Waals surface area contributed by atoms with Crippen molar-refractivity contribution in [3.63, 3.8) is 0 Å². The number of nitrogens with two attached hydrogens (primary N) is 1. The summed E-state index contributed by atoms with van der Waals surface area (Å²) in [5.41, 5.74) is 6.16. The summed E-state index contributed by atoms with van der Waals surface area (Å²) < 4.78 is 13.4. The summed E-state index contributed by atoms with van der Waals surface area (Å²) in [6.07, 6.45) is 0. The standard InChI is InChI=1S/C12H16FN3O2/c1-6-9(13)4-8(5-10(6)14)12(18)16-7(2)11(17)15-3/h4-5,7H,14H2,1-3H3,(H,15,17)(H,16,18). The Hall–Kier alpha value is -2.11. The van der Waals surface area contributed by atoms with Crippen LogP contribution in [0.25, 0.3) is 0 Å². The largest absolute Gasteiger partial charge is 0.398 e. The van der Waals surface area contributed by atoms with Crippen LogP contribution in [-0.4, -0.2) is 24.9 Å². The molecule has 0 spiro atoms. The van der Waals surface area contributed by atoms with E-state index in [1.165, 1.54) is 27.0 Å². The molecule has 4 N–H and O–H groups in total. The van der Waals surface area contributed by atoms with E-state index in [0.29, 0.717) is 5.56 Å². The highest BCUT2D eigenvalue weighted by molar-refractivity contribution is 5.98. The number of halogens is 1. The molecule has 6 heteroatoms. The topological polar surface area (TPSA) is 84.2 Å². The second-order valence-electron chi connectivity index (χ2n) is 3.98. The maximum atomic E-state index is 13.4. The number of rotatable bonds is 3. The Kier molecular flexibility index (Phi) is 4.25. The maximum Gasteiger partial charge on any atom is 0.252 e. The second-order valence-corrected chi connectivity index (χ2v) is 3.98. The van der Waals surface area contributed by atoms with Crippen molar-refractivity contribution in [3.05, 3.63) is 29.1 Å². The summed E-state index contributed by atoms with van der Waals surface area (Å²) >= 11 is 0. The van der Waals surface area contributed by atoms with E-state index < -0.39 is 17.8 Å². The van der Waals surface area contributed by atoms with E-state index in [4.69, 9.17) is 5.73 Å². The Morgan fingerprint density at radius 1 is 1.39 bits per heavy atom. The molecule has 0 aliphatic heterocycles. The van der Waals surface area contributed by atoms with Crippen LogP contribution in [0.2, 0.25) is 0 Å². The molecule has 2 amide bonds. The molecule has 0 radical (unpaired) electrons. The summed E-state index contributed by atoms with van der Waals surface area (Å²) in [5.74, 6) is -1.42. The number of nitrogen functional groups attached to an aromatic ring is 1. The average molecular weight is 253 g/mol. The van der Waals surface area contributed by atoms with Gasteiger partial charge in [-0.15, -0.1) is 0 Å². The van der Waals surface area contributed by atoms with E-state index in [1.54, 1.807) is 0 Å². The molecular formula is C12H16FN3O2. The summed E-state index contributed by atoms with van der Waals surface area (Å²) in [6, 6.07) is 1.77. The van der Waals surface area contributed by atoms with E-state index in [9.17, 15) is 14.0 Å². The smallest absolute Gasteiger partial charge is 0.252 e. The highest BCUT2D eigenvalue weighted by Gasteiger charge is 2.16. The van der Waals surface area contributed by atoms with Crippen LogP contribution in [0.1, 0.15) is 22.8 Å². The van der Waals surface area contributed by atoms with Gasteiger partial charge in [-0.3, -0.25) is 9.59 Å². The summed E-state index contributed by atoms with van der Waals surface area (Å²) in [4.78, 5) is 23.0. The minimum Gasteiger partial charge on any atom is -0.398 e. The van der Waals surface area contributed by atoms with Gasteiger partial charge in [0.25, 0.3) is 5.91 Å². The molecular weight excluding hydrogens is 237 g/mol. The molecule has 1 aromatic rings. The number of carbonyl (C=O) groups is 2. The monoisotopic (exact) mass is 253 g/mol. The molecule has 0 aliphatic rings. The molecule has 0 saturated heterocycles. The van der Waals surface area contributed by atoms with Gasteiger partial charge in [0.2, 0.25) is 5.91 Å². The summed E-state index contributed by atoms with van der Waals surface area (Å²) in [6.45, 7) is 3.06. The average Bonchev–Trinajstić information content (AvgIpc) is 2.33. The molecule has 1 unspecified atom stereocenters. The van der Waals surface area contributed by atoms with Crippen molar-refractivity contribution >= 4 is 17.5 Å². The van der Waals surface area contributed by atoms with E-state index in [1.807, 2.05) is 0 Å². The van der Waals surface area contributed by atoms with Gasteiger partial charge in [-0.25, -0.2) is 4.39 Å². The lowest BCUT2D eigenvalue weighted by atomic mass is 10.1. The fourth-order valence-electron chi connectivity index (χ4n) is 1.39. The summed E-state index contributed by atoms with van der Waals surface area (Å²) in [7, 11) is 1.47. The minimum atomic E-state index is -0.701. The van der Waals surface area contributed by atoms with Crippen LogP contribution >= 0.6 is 0 Å². The Morgan fingerprint density at radius 3 is 2.50 bits per heavy atom. The van der Waals surface area contributed by atoms with Gasteiger partial charge < -0.3 is 16.4 Å². The Balaban J connectivity index is 2.89. The fourth-order valence-corrected chi connectivity index (χ4v) is 1.39. The first kappa shape index (κ1) is 14.0. The Bertz CT molecular complexity index is 465. The first-order chi connectivity index (χ1) is 8.36. The molecule has 0 fully saturated rings. The first-order valence-electron chi connectivity index (χ1n) is 5.45. The molecule has 1 aromatic carbocycles. The van der Waals surface area contributed by atoms with Crippen LogP contribution in [0.15, 0.2) is 12.1 Å². The number of anilines is 1. The lowest BCUT2D eigenvalue weighted by Gasteiger charge is -2.13. The van der Waals surface area contributed by atoms with Gasteiger partial charge in [0.1, 0.15) is 11.9 Å². The molecule has 0 aliphatic carbocycles. The van der Waals surface area contributed by atoms with Gasteiger partial charge in [0.15, 0.2) is 0 Å². The molecule has 0 heterocycles. The Morgan fingerprint density at radius 2 is 2.00 bits per heavy atom. The van der Waals surface area contributed by atoms with Crippen molar-refractivity contribution in [2.45, 2.75) is 19.9 Å². The van der Waals surface area contributed by atoms with Crippen LogP contribution in [-0.2, 0) is 4.79 Å². The minimum absolute atomic E-state index is 0.0892. The normalized spacial score (nSPS) is 11.8. The third-order valence-corrected chi connectivity index (χ3v) is 2.63. The molecule has 0 bridgehead atoms. The van der Waals surface area contributed by atoms with Crippen molar-refractivity contribution in [2.24, 2.45) is 0 Å². The number of benzene rings is 1. The van der Waals surface area contributed by atoms with Crippen molar-refractivity contribution in [2.75, 3.05) is 12.8 Å². The third-order valence-electron chi connectivity index (χ3n) is 2.63. The van der Waals surface area contributed by atoms with Gasteiger partial charge in [-0.1, -0.05) is 0 Å². The molecule has 98 valence electrons. The second kappa shape index (κ2) is 5.48. The molecule has 1 atom stereocenters. The number of nitrogens with one attached hydrogen (secondary N) is 2. The van der Waals surface area contributed by atoms with Crippen LogP contribution < -0.4 is 16.4 Å². The van der Waals surface area contributed by atoms with Crippen LogP contribution in [0, 0.1) is 12.7 Å². The van der Waals surface area contributed by atoms with Crippen molar-refractivity contribution in [1.82, 2.24) is 10.6 Å². The van der Waals surface area contributed by atoms with Crippen LogP contribution in [0.5, 0.6) is 0 Å². The number of amides is 2. The zero-order valence-corrected chi connectivity index (χ0v) is 10.5. The zero-order valence-electron chi connectivity index (χ0n) is 10.5. The van der Waals surface area contributed by atoms with Gasteiger partial charge >= 0.3 is 0 Å². The van der Waals surface area contributed by atoms with Crippen molar-refractivity contribution in [3.8, 4) is 0 Å². The number of hydrogen-bond donors (Lipinski definition) is 3.